The summed E-state index contributed by atoms with van der Waals surface area (Å²) >= 11 is 0. The van der Waals surface area contributed by atoms with E-state index < -0.39 is 23.4 Å². The number of imidazole rings is 1. The molecule has 1 aromatic heterocycles. The van der Waals surface area contributed by atoms with Crippen LogP contribution in [-0.4, -0.2) is 20.7 Å². The molecule has 104 valence electrons. The van der Waals surface area contributed by atoms with Crippen LogP contribution in [0.4, 0.5) is 8.78 Å². The van der Waals surface area contributed by atoms with Crippen LogP contribution in [0.2, 0.25) is 0 Å². The number of hydrogen-bond acceptors (Lipinski definition) is 5. The minimum Gasteiger partial charge on any atom is -0.409 e. The molecule has 0 aliphatic carbocycles. The molecule has 1 unspecified atom stereocenters. The fraction of sp³-hybridized carbons (Fsp3) is 0.182. The van der Waals surface area contributed by atoms with Gasteiger partial charge in [0.1, 0.15) is 22.8 Å². The van der Waals surface area contributed by atoms with Crippen molar-refractivity contribution in [1.82, 2.24) is 9.66 Å². The van der Waals surface area contributed by atoms with Crippen LogP contribution in [0, 0.1) is 23.0 Å². The van der Waals surface area contributed by atoms with Gasteiger partial charge < -0.3 is 16.8 Å². The SMILES string of the molecule is CC(C#N)c1nc2c(F)c(F)cc(C(N)=NO)c2n1N. The predicted octanol–water partition coefficient (Wildman–Crippen LogP) is 0.750. The molecule has 7 nitrogen and oxygen atoms in total. The fourth-order valence-electron chi connectivity index (χ4n) is 1.84. The molecule has 5 N–H and O–H groups in total. The third-order valence-corrected chi connectivity index (χ3v) is 2.85. The van der Waals surface area contributed by atoms with Crippen LogP contribution in [0.1, 0.15) is 24.2 Å². The number of aromatic nitrogens is 2. The smallest absolute Gasteiger partial charge is 0.186 e. The van der Waals surface area contributed by atoms with Crippen LogP contribution in [0.3, 0.4) is 0 Å². The Morgan fingerprint density at radius 1 is 1.60 bits per heavy atom. The van der Waals surface area contributed by atoms with Crippen molar-refractivity contribution in [3.8, 4) is 6.07 Å². The molecule has 0 aliphatic rings. The Hall–Kier alpha value is -2.89. The van der Waals surface area contributed by atoms with Crippen molar-refractivity contribution in [1.29, 1.82) is 5.26 Å². The number of nitrogens with two attached hydrogens (primary N) is 2. The number of amidine groups is 1. The van der Waals surface area contributed by atoms with Gasteiger partial charge in [0.05, 0.1) is 11.6 Å². The second kappa shape index (κ2) is 4.65. The number of halogens is 2. The third kappa shape index (κ3) is 1.78. The van der Waals surface area contributed by atoms with Crippen molar-refractivity contribution in [3.05, 3.63) is 29.1 Å². The lowest BCUT2D eigenvalue weighted by atomic mass is 10.1. The Morgan fingerprint density at radius 2 is 2.25 bits per heavy atom. The monoisotopic (exact) mass is 280 g/mol. The summed E-state index contributed by atoms with van der Waals surface area (Å²) in [5.41, 5.74) is 4.86. The number of nitrogen functional groups attached to an aromatic ring is 1. The maximum absolute atomic E-state index is 13.8. The van der Waals surface area contributed by atoms with Gasteiger partial charge >= 0.3 is 0 Å². The minimum absolute atomic E-state index is 0.0407. The normalized spacial score (nSPS) is 13.4. The van der Waals surface area contributed by atoms with Gasteiger partial charge in [-0.3, -0.25) is 0 Å². The van der Waals surface area contributed by atoms with E-state index in [1.807, 2.05) is 6.07 Å². The van der Waals surface area contributed by atoms with Gasteiger partial charge in [0.2, 0.25) is 0 Å². The van der Waals surface area contributed by atoms with Gasteiger partial charge in [-0.15, -0.1) is 0 Å². The number of nitriles is 1. The predicted molar refractivity (Wildman–Crippen MR) is 66.3 cm³/mol. The highest BCUT2D eigenvalue weighted by Crippen LogP contribution is 2.26. The van der Waals surface area contributed by atoms with Gasteiger partial charge in [-0.1, -0.05) is 5.16 Å². The van der Waals surface area contributed by atoms with Crippen LogP contribution >= 0.6 is 0 Å². The van der Waals surface area contributed by atoms with Crippen LogP contribution in [0.25, 0.3) is 11.0 Å². The highest BCUT2D eigenvalue weighted by Gasteiger charge is 2.23. The number of oxime groups is 1. The largest absolute Gasteiger partial charge is 0.409 e. The standard InChI is InChI=1S/C11H10F2N6O/c1-4(3-14)11-17-8-7(13)6(12)2-5(10(15)18-20)9(8)19(11)16/h2,4,20H,16H2,1H3,(H2,15,18). The van der Waals surface area contributed by atoms with Crippen LogP contribution in [-0.2, 0) is 0 Å². The number of nitrogens with zero attached hydrogens (tertiary/aromatic N) is 4. The van der Waals surface area contributed by atoms with E-state index in [0.717, 1.165) is 10.7 Å². The zero-order chi connectivity index (χ0) is 15.0. The molecule has 0 amide bonds. The Morgan fingerprint density at radius 3 is 2.80 bits per heavy atom. The Labute approximate surface area is 111 Å². The van der Waals surface area contributed by atoms with Crippen molar-refractivity contribution in [2.45, 2.75) is 12.8 Å². The van der Waals surface area contributed by atoms with E-state index in [4.69, 9.17) is 22.0 Å². The van der Waals surface area contributed by atoms with Crippen molar-refractivity contribution in [2.24, 2.45) is 10.9 Å². The average Bonchev–Trinajstić information content (AvgIpc) is 2.79. The van der Waals surface area contributed by atoms with Crippen molar-refractivity contribution < 1.29 is 14.0 Å². The summed E-state index contributed by atoms with van der Waals surface area (Å²) in [6.07, 6.45) is 0. The fourth-order valence-corrected chi connectivity index (χ4v) is 1.84. The van der Waals surface area contributed by atoms with E-state index in [1.165, 1.54) is 6.92 Å². The number of fused-ring (bicyclic) bond motifs is 1. The van der Waals surface area contributed by atoms with E-state index >= 15 is 0 Å². The molecule has 0 saturated heterocycles. The number of benzene rings is 1. The minimum atomic E-state index is -1.22. The average molecular weight is 280 g/mol. The van der Waals surface area contributed by atoms with Crippen molar-refractivity contribution >= 4 is 16.9 Å². The summed E-state index contributed by atoms with van der Waals surface area (Å²) < 4.78 is 28.2. The molecular weight excluding hydrogens is 270 g/mol. The molecule has 0 saturated carbocycles. The zero-order valence-corrected chi connectivity index (χ0v) is 10.3. The highest BCUT2D eigenvalue weighted by molar-refractivity contribution is 6.07. The van der Waals surface area contributed by atoms with Gasteiger partial charge in [0.25, 0.3) is 0 Å². The molecule has 20 heavy (non-hydrogen) atoms. The molecular formula is C11H10F2N6O. The molecule has 1 heterocycles. The van der Waals surface area contributed by atoms with Crippen LogP contribution in [0.15, 0.2) is 11.2 Å². The lowest BCUT2D eigenvalue weighted by Gasteiger charge is -2.06. The van der Waals surface area contributed by atoms with E-state index in [1.54, 1.807) is 0 Å². The topological polar surface area (TPSA) is 126 Å². The first-order chi connectivity index (χ1) is 9.42. The summed E-state index contributed by atoms with van der Waals surface area (Å²) in [4.78, 5) is 3.83. The Bertz CT molecular complexity index is 761. The first-order valence-corrected chi connectivity index (χ1v) is 5.45. The molecule has 0 spiro atoms. The molecule has 0 fully saturated rings. The van der Waals surface area contributed by atoms with Gasteiger partial charge in [-0.05, 0) is 13.0 Å². The highest BCUT2D eigenvalue weighted by atomic mass is 19.2. The van der Waals surface area contributed by atoms with Gasteiger partial charge in [-0.2, -0.15) is 5.26 Å². The van der Waals surface area contributed by atoms with Crippen molar-refractivity contribution in [2.75, 3.05) is 5.84 Å². The molecule has 1 atom stereocenters. The van der Waals surface area contributed by atoms with E-state index in [2.05, 4.69) is 10.1 Å². The second-order valence-corrected chi connectivity index (χ2v) is 4.09. The van der Waals surface area contributed by atoms with E-state index in [9.17, 15) is 8.78 Å². The Balaban J connectivity index is 2.94. The lowest BCUT2D eigenvalue weighted by molar-refractivity contribution is 0.318. The summed E-state index contributed by atoms with van der Waals surface area (Å²) in [6.45, 7) is 1.50. The molecule has 2 aromatic rings. The molecule has 9 heteroatoms. The van der Waals surface area contributed by atoms with Crippen LogP contribution < -0.4 is 11.6 Å². The number of hydrogen-bond donors (Lipinski definition) is 3. The molecule has 0 radical (unpaired) electrons. The maximum atomic E-state index is 13.8. The van der Waals surface area contributed by atoms with E-state index in [0.29, 0.717) is 0 Å². The molecule has 2 rings (SSSR count). The summed E-state index contributed by atoms with van der Waals surface area (Å²) in [5, 5.41) is 20.3. The van der Waals surface area contributed by atoms with E-state index in [-0.39, 0.29) is 22.4 Å². The van der Waals surface area contributed by atoms with Gasteiger partial charge in [-0.25, -0.2) is 18.4 Å². The van der Waals surface area contributed by atoms with Gasteiger partial charge in [0.15, 0.2) is 17.5 Å². The Kier molecular flexibility index (Phi) is 3.15. The maximum Gasteiger partial charge on any atom is 0.186 e. The first-order valence-electron chi connectivity index (χ1n) is 5.45. The molecule has 0 aliphatic heterocycles. The lowest BCUT2D eigenvalue weighted by Crippen LogP contribution is -2.19. The van der Waals surface area contributed by atoms with Gasteiger partial charge in [0, 0.05) is 0 Å². The van der Waals surface area contributed by atoms with Crippen LogP contribution in [0.5, 0.6) is 0 Å². The molecule has 1 aromatic carbocycles. The summed E-state index contributed by atoms with van der Waals surface area (Å²) in [6, 6.07) is 2.64. The quantitative estimate of drug-likeness (QED) is 0.246. The first kappa shape index (κ1) is 13.5. The van der Waals surface area contributed by atoms with Crippen molar-refractivity contribution in [3.63, 3.8) is 0 Å². The summed E-state index contributed by atoms with van der Waals surface area (Å²) in [7, 11) is 0. The third-order valence-electron chi connectivity index (χ3n) is 2.85. The zero-order valence-electron chi connectivity index (χ0n) is 10.3. The second-order valence-electron chi connectivity index (χ2n) is 4.09. The summed E-state index contributed by atoms with van der Waals surface area (Å²) in [5.74, 6) is 2.17. The number of rotatable bonds is 2. The molecule has 0 bridgehead atoms.